The van der Waals surface area contributed by atoms with Gasteiger partial charge in [-0.05, 0) is 62.7 Å². The van der Waals surface area contributed by atoms with E-state index in [9.17, 15) is 0 Å². The standard InChI is InChI=1S/C14H25NO/c15-13(14-11-6-2-7-12(11)14)8-1-4-10-5-3-9-16-10/h10-14H,1-9,15H2. The fourth-order valence-corrected chi connectivity index (χ4v) is 4.16. The van der Waals surface area contributed by atoms with E-state index in [2.05, 4.69) is 0 Å². The highest BCUT2D eigenvalue weighted by Gasteiger charge is 2.54. The molecule has 2 aliphatic carbocycles. The predicted octanol–water partition coefficient (Wildman–Crippen LogP) is 2.71. The van der Waals surface area contributed by atoms with Crippen molar-refractivity contribution in [2.45, 2.75) is 63.5 Å². The Morgan fingerprint density at radius 1 is 1.12 bits per heavy atom. The summed E-state index contributed by atoms with van der Waals surface area (Å²) in [5, 5.41) is 0. The van der Waals surface area contributed by atoms with E-state index in [1.165, 1.54) is 51.4 Å². The fourth-order valence-electron chi connectivity index (χ4n) is 4.16. The number of hydrogen-bond donors (Lipinski definition) is 1. The van der Waals surface area contributed by atoms with Gasteiger partial charge < -0.3 is 10.5 Å². The number of rotatable bonds is 5. The second-order valence-corrected chi connectivity index (χ2v) is 6.07. The first kappa shape index (κ1) is 11.0. The van der Waals surface area contributed by atoms with Gasteiger partial charge in [-0.2, -0.15) is 0 Å². The van der Waals surface area contributed by atoms with Gasteiger partial charge in [0.05, 0.1) is 6.10 Å². The van der Waals surface area contributed by atoms with Crippen LogP contribution in [0.5, 0.6) is 0 Å². The second kappa shape index (κ2) is 4.66. The first-order chi connectivity index (χ1) is 7.86. The minimum Gasteiger partial charge on any atom is -0.378 e. The van der Waals surface area contributed by atoms with Crippen molar-refractivity contribution < 1.29 is 4.74 Å². The lowest BCUT2D eigenvalue weighted by molar-refractivity contribution is 0.101. The van der Waals surface area contributed by atoms with Crippen LogP contribution < -0.4 is 5.73 Å². The zero-order valence-corrected chi connectivity index (χ0v) is 10.2. The van der Waals surface area contributed by atoms with Crippen LogP contribution in [-0.2, 0) is 4.74 Å². The Balaban J connectivity index is 1.33. The third kappa shape index (κ3) is 2.14. The van der Waals surface area contributed by atoms with Gasteiger partial charge in [0.25, 0.3) is 0 Å². The van der Waals surface area contributed by atoms with Gasteiger partial charge in [0.15, 0.2) is 0 Å². The molecule has 2 heteroatoms. The van der Waals surface area contributed by atoms with Crippen LogP contribution in [0.15, 0.2) is 0 Å². The number of ether oxygens (including phenoxy) is 1. The highest BCUT2D eigenvalue weighted by Crippen LogP contribution is 2.59. The van der Waals surface area contributed by atoms with Crippen LogP contribution in [0.3, 0.4) is 0 Å². The van der Waals surface area contributed by atoms with Crippen LogP contribution in [0.4, 0.5) is 0 Å². The van der Waals surface area contributed by atoms with Crippen LogP contribution in [0.1, 0.15) is 51.4 Å². The molecule has 1 heterocycles. The molecular weight excluding hydrogens is 198 g/mol. The molecule has 0 aromatic carbocycles. The Morgan fingerprint density at radius 2 is 1.94 bits per heavy atom. The summed E-state index contributed by atoms with van der Waals surface area (Å²) in [5.41, 5.74) is 6.31. The maximum absolute atomic E-state index is 6.31. The number of fused-ring (bicyclic) bond motifs is 1. The quantitative estimate of drug-likeness (QED) is 0.778. The van der Waals surface area contributed by atoms with E-state index in [4.69, 9.17) is 10.5 Å². The van der Waals surface area contributed by atoms with E-state index in [0.29, 0.717) is 12.1 Å². The van der Waals surface area contributed by atoms with E-state index in [0.717, 1.165) is 24.4 Å². The topological polar surface area (TPSA) is 35.2 Å². The molecule has 0 radical (unpaired) electrons. The second-order valence-electron chi connectivity index (χ2n) is 6.07. The third-order valence-corrected chi connectivity index (χ3v) is 5.05. The van der Waals surface area contributed by atoms with Gasteiger partial charge in [0.2, 0.25) is 0 Å². The summed E-state index contributed by atoms with van der Waals surface area (Å²) in [6.45, 7) is 0.990. The number of nitrogens with two attached hydrogens (primary N) is 1. The Morgan fingerprint density at radius 3 is 2.62 bits per heavy atom. The van der Waals surface area contributed by atoms with E-state index >= 15 is 0 Å². The highest BCUT2D eigenvalue weighted by molar-refractivity contribution is 5.05. The zero-order chi connectivity index (χ0) is 11.0. The maximum Gasteiger partial charge on any atom is 0.0576 e. The van der Waals surface area contributed by atoms with Crippen LogP contribution >= 0.6 is 0 Å². The minimum absolute atomic E-state index is 0.497. The molecule has 16 heavy (non-hydrogen) atoms. The molecule has 2 N–H and O–H groups in total. The predicted molar refractivity (Wildman–Crippen MR) is 65.1 cm³/mol. The molecule has 0 spiro atoms. The summed E-state index contributed by atoms with van der Waals surface area (Å²) in [6, 6.07) is 0.497. The lowest BCUT2D eigenvalue weighted by atomic mass is 9.98. The normalized spacial score (nSPS) is 43.3. The molecule has 0 bridgehead atoms. The SMILES string of the molecule is NC(CCCC1CCCO1)C1C2CCCC21. The highest BCUT2D eigenvalue weighted by atomic mass is 16.5. The molecule has 3 fully saturated rings. The summed E-state index contributed by atoms with van der Waals surface area (Å²) in [7, 11) is 0. The fraction of sp³-hybridized carbons (Fsp3) is 1.00. The monoisotopic (exact) mass is 223 g/mol. The van der Waals surface area contributed by atoms with E-state index < -0.39 is 0 Å². The van der Waals surface area contributed by atoms with E-state index in [-0.39, 0.29) is 0 Å². The molecule has 0 aromatic heterocycles. The van der Waals surface area contributed by atoms with Crippen molar-refractivity contribution in [1.29, 1.82) is 0 Å². The average Bonchev–Trinajstić information content (AvgIpc) is 2.76. The number of hydrogen-bond acceptors (Lipinski definition) is 2. The van der Waals surface area contributed by atoms with Crippen molar-refractivity contribution in [1.82, 2.24) is 0 Å². The molecule has 0 aromatic rings. The van der Waals surface area contributed by atoms with Crippen LogP contribution in [0.2, 0.25) is 0 Å². The molecule has 3 rings (SSSR count). The van der Waals surface area contributed by atoms with Crippen LogP contribution in [0, 0.1) is 17.8 Å². The molecular formula is C14H25NO. The molecule has 0 amide bonds. The van der Waals surface area contributed by atoms with Crippen molar-refractivity contribution >= 4 is 0 Å². The van der Waals surface area contributed by atoms with Crippen molar-refractivity contribution in [2.75, 3.05) is 6.61 Å². The van der Waals surface area contributed by atoms with Crippen LogP contribution in [-0.4, -0.2) is 18.8 Å². The van der Waals surface area contributed by atoms with E-state index in [1.807, 2.05) is 0 Å². The Kier molecular flexibility index (Phi) is 3.21. The first-order valence-corrected chi connectivity index (χ1v) is 7.23. The molecule has 4 atom stereocenters. The van der Waals surface area contributed by atoms with Crippen molar-refractivity contribution in [3.8, 4) is 0 Å². The van der Waals surface area contributed by atoms with Gasteiger partial charge in [0.1, 0.15) is 0 Å². The van der Waals surface area contributed by atoms with Gasteiger partial charge >= 0.3 is 0 Å². The first-order valence-electron chi connectivity index (χ1n) is 7.23. The summed E-state index contributed by atoms with van der Waals surface area (Å²) in [6.07, 6.45) is 11.3. The summed E-state index contributed by atoms with van der Waals surface area (Å²) < 4.78 is 5.64. The third-order valence-electron chi connectivity index (χ3n) is 5.05. The molecule has 2 saturated carbocycles. The average molecular weight is 223 g/mol. The summed E-state index contributed by atoms with van der Waals surface area (Å²) >= 11 is 0. The van der Waals surface area contributed by atoms with E-state index in [1.54, 1.807) is 0 Å². The van der Waals surface area contributed by atoms with Gasteiger partial charge in [-0.15, -0.1) is 0 Å². The molecule has 92 valence electrons. The summed E-state index contributed by atoms with van der Waals surface area (Å²) in [4.78, 5) is 0. The Hall–Kier alpha value is -0.0800. The minimum atomic E-state index is 0.497. The molecule has 4 unspecified atom stereocenters. The maximum atomic E-state index is 6.31. The van der Waals surface area contributed by atoms with Crippen molar-refractivity contribution in [3.63, 3.8) is 0 Å². The largest absolute Gasteiger partial charge is 0.378 e. The van der Waals surface area contributed by atoms with Crippen molar-refractivity contribution in [2.24, 2.45) is 23.5 Å². The zero-order valence-electron chi connectivity index (χ0n) is 10.2. The van der Waals surface area contributed by atoms with Gasteiger partial charge in [-0.25, -0.2) is 0 Å². The molecule has 3 aliphatic rings. The molecule has 2 nitrogen and oxygen atoms in total. The van der Waals surface area contributed by atoms with Gasteiger partial charge in [-0.3, -0.25) is 0 Å². The van der Waals surface area contributed by atoms with Crippen molar-refractivity contribution in [3.05, 3.63) is 0 Å². The van der Waals surface area contributed by atoms with Gasteiger partial charge in [0, 0.05) is 12.6 Å². The van der Waals surface area contributed by atoms with Crippen LogP contribution in [0.25, 0.3) is 0 Å². The Bertz CT molecular complexity index is 227. The smallest absolute Gasteiger partial charge is 0.0576 e. The molecule has 1 aliphatic heterocycles. The lowest BCUT2D eigenvalue weighted by Gasteiger charge is -2.15. The Labute approximate surface area is 98.9 Å². The lowest BCUT2D eigenvalue weighted by Crippen LogP contribution is -2.25. The summed E-state index contributed by atoms with van der Waals surface area (Å²) in [5.74, 6) is 2.95. The molecule has 1 saturated heterocycles. The van der Waals surface area contributed by atoms with Gasteiger partial charge in [-0.1, -0.05) is 6.42 Å².